The van der Waals surface area contributed by atoms with Crippen LogP contribution in [-0.4, -0.2) is 12.3 Å². The van der Waals surface area contributed by atoms with Crippen LogP contribution in [0.3, 0.4) is 0 Å². The molecule has 20 heavy (non-hydrogen) atoms. The summed E-state index contributed by atoms with van der Waals surface area (Å²) in [6.07, 6.45) is -2.04. The zero-order valence-electron chi connectivity index (χ0n) is 10.4. The van der Waals surface area contributed by atoms with Crippen molar-refractivity contribution in [2.45, 2.75) is 12.6 Å². The quantitative estimate of drug-likeness (QED) is 0.834. The summed E-state index contributed by atoms with van der Waals surface area (Å²) in [5, 5.41) is 6.05. The SMILES string of the molecule is FC(F)(F)c1ccc(N2CCC(c3ccco3)=N2)cc1. The van der Waals surface area contributed by atoms with Crippen LogP contribution in [0, 0.1) is 0 Å². The molecular weight excluding hydrogens is 269 g/mol. The number of halogens is 3. The monoisotopic (exact) mass is 280 g/mol. The van der Waals surface area contributed by atoms with E-state index in [4.69, 9.17) is 4.42 Å². The van der Waals surface area contributed by atoms with Gasteiger partial charge in [0.1, 0.15) is 11.5 Å². The molecule has 1 aliphatic heterocycles. The van der Waals surface area contributed by atoms with Crippen molar-refractivity contribution in [2.75, 3.05) is 11.6 Å². The zero-order valence-corrected chi connectivity index (χ0v) is 10.4. The van der Waals surface area contributed by atoms with Gasteiger partial charge in [-0.2, -0.15) is 18.3 Å². The first-order chi connectivity index (χ1) is 9.54. The van der Waals surface area contributed by atoms with E-state index in [0.717, 1.165) is 17.8 Å². The molecule has 0 amide bonds. The molecule has 2 aromatic rings. The maximum atomic E-state index is 12.5. The standard InChI is InChI=1S/C14H11F3N2O/c15-14(16,17)10-3-5-11(6-4-10)19-8-7-12(18-19)13-2-1-9-20-13/h1-6,9H,7-8H2. The van der Waals surface area contributed by atoms with Gasteiger partial charge in [0.05, 0.1) is 17.5 Å². The van der Waals surface area contributed by atoms with E-state index in [1.165, 1.54) is 12.1 Å². The molecule has 1 aliphatic rings. The summed E-state index contributed by atoms with van der Waals surface area (Å²) in [6, 6.07) is 8.58. The maximum Gasteiger partial charge on any atom is 0.416 e. The minimum absolute atomic E-state index is 0.626. The predicted octanol–water partition coefficient (Wildman–Crippen LogP) is 3.91. The number of hydrogen-bond donors (Lipinski definition) is 0. The number of anilines is 1. The third-order valence-electron chi connectivity index (χ3n) is 3.10. The van der Waals surface area contributed by atoms with Gasteiger partial charge in [-0.25, -0.2) is 0 Å². The highest BCUT2D eigenvalue weighted by Gasteiger charge is 2.30. The Balaban J connectivity index is 1.81. The first kappa shape index (κ1) is 12.8. The summed E-state index contributed by atoms with van der Waals surface area (Å²) in [5.74, 6) is 0.694. The Morgan fingerprint density at radius 2 is 1.85 bits per heavy atom. The van der Waals surface area contributed by atoms with Crippen molar-refractivity contribution in [1.82, 2.24) is 0 Å². The normalized spacial score (nSPS) is 15.6. The Kier molecular flexibility index (Phi) is 3.00. The fraction of sp³-hybridized carbons (Fsp3) is 0.214. The van der Waals surface area contributed by atoms with Crippen molar-refractivity contribution < 1.29 is 17.6 Å². The van der Waals surface area contributed by atoms with E-state index in [2.05, 4.69) is 5.10 Å². The highest BCUT2D eigenvalue weighted by atomic mass is 19.4. The van der Waals surface area contributed by atoms with Crippen LogP contribution in [0.25, 0.3) is 0 Å². The average molecular weight is 280 g/mol. The fourth-order valence-corrected chi connectivity index (χ4v) is 2.08. The summed E-state index contributed by atoms with van der Waals surface area (Å²) in [5.41, 5.74) is 0.783. The second-order valence-corrected chi connectivity index (χ2v) is 4.44. The van der Waals surface area contributed by atoms with E-state index < -0.39 is 11.7 Å². The lowest BCUT2D eigenvalue weighted by molar-refractivity contribution is -0.137. The van der Waals surface area contributed by atoms with Gasteiger partial charge >= 0.3 is 6.18 Å². The van der Waals surface area contributed by atoms with Gasteiger partial charge in [0, 0.05) is 13.0 Å². The van der Waals surface area contributed by atoms with Crippen molar-refractivity contribution in [2.24, 2.45) is 5.10 Å². The van der Waals surface area contributed by atoms with Gasteiger partial charge < -0.3 is 4.42 Å². The lowest BCUT2D eigenvalue weighted by atomic mass is 10.2. The van der Waals surface area contributed by atoms with Crippen LogP contribution in [0.5, 0.6) is 0 Å². The smallest absolute Gasteiger partial charge is 0.416 e. The molecule has 0 unspecified atom stereocenters. The second-order valence-electron chi connectivity index (χ2n) is 4.44. The fourth-order valence-electron chi connectivity index (χ4n) is 2.08. The average Bonchev–Trinajstić information content (AvgIpc) is 3.09. The highest BCUT2D eigenvalue weighted by molar-refractivity contribution is 6.00. The van der Waals surface area contributed by atoms with Crippen LogP contribution >= 0.6 is 0 Å². The Hall–Kier alpha value is -2.24. The van der Waals surface area contributed by atoms with Gasteiger partial charge in [0.25, 0.3) is 0 Å². The summed E-state index contributed by atoms with van der Waals surface area (Å²) >= 11 is 0. The van der Waals surface area contributed by atoms with Gasteiger partial charge in [-0.15, -0.1) is 0 Å². The van der Waals surface area contributed by atoms with Crippen molar-refractivity contribution in [3.05, 3.63) is 54.0 Å². The van der Waals surface area contributed by atoms with Crippen LogP contribution in [-0.2, 0) is 6.18 Å². The molecule has 0 saturated carbocycles. The Morgan fingerprint density at radius 1 is 1.10 bits per heavy atom. The lowest BCUT2D eigenvalue weighted by Crippen LogP contribution is -2.12. The molecule has 0 bridgehead atoms. The first-order valence-electron chi connectivity index (χ1n) is 6.10. The molecule has 0 atom stereocenters. The van der Waals surface area contributed by atoms with E-state index in [0.29, 0.717) is 24.4 Å². The van der Waals surface area contributed by atoms with Crippen LogP contribution in [0.1, 0.15) is 17.7 Å². The third kappa shape index (κ3) is 2.41. The zero-order chi connectivity index (χ0) is 14.2. The molecule has 2 heterocycles. The summed E-state index contributed by atoms with van der Waals surface area (Å²) < 4.78 is 42.7. The van der Waals surface area contributed by atoms with E-state index in [1.54, 1.807) is 17.3 Å². The molecule has 1 aromatic carbocycles. The minimum atomic E-state index is -4.31. The van der Waals surface area contributed by atoms with Gasteiger partial charge in [-0.3, -0.25) is 5.01 Å². The Bertz CT molecular complexity index is 615. The van der Waals surface area contributed by atoms with Crippen LogP contribution in [0.4, 0.5) is 18.9 Å². The van der Waals surface area contributed by atoms with E-state index >= 15 is 0 Å². The van der Waals surface area contributed by atoms with E-state index in [-0.39, 0.29) is 0 Å². The molecule has 0 radical (unpaired) electrons. The number of nitrogens with zero attached hydrogens (tertiary/aromatic N) is 2. The number of hydrazone groups is 1. The Labute approximate surface area is 113 Å². The first-order valence-corrected chi connectivity index (χ1v) is 6.10. The molecule has 1 aromatic heterocycles. The van der Waals surface area contributed by atoms with Crippen LogP contribution in [0.2, 0.25) is 0 Å². The molecule has 0 saturated heterocycles. The number of rotatable bonds is 2. The molecule has 0 aliphatic carbocycles. The molecule has 0 fully saturated rings. The lowest BCUT2D eigenvalue weighted by Gasteiger charge is -2.14. The van der Waals surface area contributed by atoms with Crippen LogP contribution < -0.4 is 5.01 Å². The molecule has 3 rings (SSSR count). The van der Waals surface area contributed by atoms with Crippen molar-refractivity contribution in [3.8, 4) is 0 Å². The van der Waals surface area contributed by atoms with E-state index in [1.807, 2.05) is 6.07 Å². The Morgan fingerprint density at radius 3 is 2.45 bits per heavy atom. The van der Waals surface area contributed by atoms with Crippen LogP contribution in [0.15, 0.2) is 52.2 Å². The molecule has 6 heteroatoms. The number of furan rings is 1. The summed E-state index contributed by atoms with van der Waals surface area (Å²) in [6.45, 7) is 0.626. The number of hydrogen-bond acceptors (Lipinski definition) is 3. The molecule has 3 nitrogen and oxygen atoms in total. The van der Waals surface area contributed by atoms with Gasteiger partial charge in [0.2, 0.25) is 0 Å². The summed E-state index contributed by atoms with van der Waals surface area (Å²) in [4.78, 5) is 0. The molecule has 0 N–H and O–H groups in total. The van der Waals surface area contributed by atoms with Gasteiger partial charge in [-0.05, 0) is 36.4 Å². The maximum absolute atomic E-state index is 12.5. The minimum Gasteiger partial charge on any atom is -0.463 e. The van der Waals surface area contributed by atoms with Gasteiger partial charge in [0.15, 0.2) is 0 Å². The van der Waals surface area contributed by atoms with Crippen molar-refractivity contribution in [3.63, 3.8) is 0 Å². The summed E-state index contributed by atoms with van der Waals surface area (Å²) in [7, 11) is 0. The predicted molar refractivity (Wildman–Crippen MR) is 68.7 cm³/mol. The van der Waals surface area contributed by atoms with E-state index in [9.17, 15) is 13.2 Å². The molecule has 0 spiro atoms. The molecule has 104 valence electrons. The van der Waals surface area contributed by atoms with Crippen molar-refractivity contribution >= 4 is 11.4 Å². The number of alkyl halides is 3. The highest BCUT2D eigenvalue weighted by Crippen LogP contribution is 2.31. The third-order valence-corrected chi connectivity index (χ3v) is 3.10. The number of benzene rings is 1. The second kappa shape index (κ2) is 4.70. The van der Waals surface area contributed by atoms with Gasteiger partial charge in [-0.1, -0.05) is 0 Å². The largest absolute Gasteiger partial charge is 0.463 e. The topological polar surface area (TPSA) is 28.7 Å². The van der Waals surface area contributed by atoms with Crippen molar-refractivity contribution in [1.29, 1.82) is 0 Å². The molecular formula is C14H11F3N2O.